The lowest BCUT2D eigenvalue weighted by Crippen LogP contribution is -2.14. The molecule has 0 aromatic heterocycles. The molecule has 1 aliphatic carbocycles. The molecule has 0 unspecified atom stereocenters. The summed E-state index contributed by atoms with van der Waals surface area (Å²) >= 11 is 0. The SMILES string of the molecule is CS(=O)(=O)[C@@H]1[C@@H](c2ccc(F)cc2)[C@]1(C#N)C=O. The number of nitrogens with zero attached hydrogens (tertiary/aromatic N) is 1. The van der Waals surface area contributed by atoms with Gasteiger partial charge in [-0.25, -0.2) is 12.8 Å². The number of carbonyl (C=O) groups excluding carboxylic acids is 1. The quantitative estimate of drug-likeness (QED) is 0.767. The van der Waals surface area contributed by atoms with Gasteiger partial charge in [-0.2, -0.15) is 5.26 Å². The number of sulfone groups is 1. The monoisotopic (exact) mass is 267 g/mol. The van der Waals surface area contributed by atoms with Crippen molar-refractivity contribution in [1.29, 1.82) is 5.26 Å². The predicted molar refractivity (Wildman–Crippen MR) is 61.9 cm³/mol. The van der Waals surface area contributed by atoms with E-state index in [1.165, 1.54) is 24.3 Å². The molecule has 0 bridgehead atoms. The highest BCUT2D eigenvalue weighted by atomic mass is 32.2. The average Bonchev–Trinajstić information content (AvgIpc) is 3.00. The van der Waals surface area contributed by atoms with Crippen molar-refractivity contribution in [3.63, 3.8) is 0 Å². The minimum Gasteiger partial charge on any atom is -0.302 e. The molecule has 0 aliphatic heterocycles. The van der Waals surface area contributed by atoms with E-state index in [0.29, 0.717) is 11.8 Å². The van der Waals surface area contributed by atoms with Crippen molar-refractivity contribution in [2.75, 3.05) is 6.26 Å². The first kappa shape index (κ1) is 12.7. The van der Waals surface area contributed by atoms with Gasteiger partial charge in [0.25, 0.3) is 0 Å². The van der Waals surface area contributed by atoms with Crippen LogP contribution in [0.5, 0.6) is 0 Å². The van der Waals surface area contributed by atoms with E-state index in [9.17, 15) is 17.6 Å². The lowest BCUT2D eigenvalue weighted by atomic mass is 10.0. The standard InChI is InChI=1S/C12H10FNO3S/c1-18(16,17)11-10(12(11,6-14)7-15)8-2-4-9(13)5-3-8/h2-5,7,10-11H,1H3/t10-,11-,12+/m1/s1. The van der Waals surface area contributed by atoms with Crippen LogP contribution in [0.25, 0.3) is 0 Å². The molecule has 1 fully saturated rings. The van der Waals surface area contributed by atoms with Crippen LogP contribution in [0.3, 0.4) is 0 Å². The minimum absolute atomic E-state index is 0.382. The highest BCUT2D eigenvalue weighted by Crippen LogP contribution is 2.61. The zero-order valence-corrected chi connectivity index (χ0v) is 10.3. The number of rotatable bonds is 3. The lowest BCUT2D eigenvalue weighted by Gasteiger charge is -1.99. The molecule has 94 valence electrons. The van der Waals surface area contributed by atoms with Crippen molar-refractivity contribution >= 4 is 16.1 Å². The molecule has 6 heteroatoms. The van der Waals surface area contributed by atoms with Crippen LogP contribution in [-0.2, 0) is 14.6 Å². The van der Waals surface area contributed by atoms with E-state index in [1.807, 2.05) is 0 Å². The van der Waals surface area contributed by atoms with Gasteiger partial charge in [-0.1, -0.05) is 12.1 Å². The first-order chi connectivity index (χ1) is 8.36. The minimum atomic E-state index is -3.52. The fourth-order valence-electron chi connectivity index (χ4n) is 2.40. The third-order valence-electron chi connectivity index (χ3n) is 3.26. The van der Waals surface area contributed by atoms with Crippen molar-refractivity contribution in [3.8, 4) is 6.07 Å². The summed E-state index contributed by atoms with van der Waals surface area (Å²) < 4.78 is 36.0. The summed E-state index contributed by atoms with van der Waals surface area (Å²) in [5.41, 5.74) is -1.05. The Kier molecular flexibility index (Phi) is 2.74. The fourth-order valence-corrected chi connectivity index (χ4v) is 4.16. The van der Waals surface area contributed by atoms with Gasteiger partial charge >= 0.3 is 0 Å². The van der Waals surface area contributed by atoms with Gasteiger partial charge in [0.05, 0.1) is 11.3 Å². The molecule has 0 radical (unpaired) electrons. The van der Waals surface area contributed by atoms with Crippen molar-refractivity contribution < 1.29 is 17.6 Å². The maximum absolute atomic E-state index is 12.8. The van der Waals surface area contributed by atoms with Gasteiger partial charge in [0.2, 0.25) is 0 Å². The number of carbonyl (C=O) groups is 1. The zero-order chi connectivity index (χ0) is 13.6. The third-order valence-corrected chi connectivity index (χ3v) is 4.84. The molecule has 1 aromatic rings. The molecular weight excluding hydrogens is 257 g/mol. The Balaban J connectivity index is 2.49. The summed E-state index contributed by atoms with van der Waals surface area (Å²) in [5.74, 6) is -1.17. The summed E-state index contributed by atoms with van der Waals surface area (Å²) in [7, 11) is -3.52. The van der Waals surface area contributed by atoms with Crippen molar-refractivity contribution in [2.45, 2.75) is 11.2 Å². The summed E-state index contributed by atoms with van der Waals surface area (Å²) in [4.78, 5) is 11.1. The molecule has 1 saturated carbocycles. The maximum atomic E-state index is 12.8. The highest BCUT2D eigenvalue weighted by molar-refractivity contribution is 7.91. The van der Waals surface area contributed by atoms with Crippen LogP contribution in [0, 0.1) is 22.6 Å². The van der Waals surface area contributed by atoms with Gasteiger partial charge in [-0.3, -0.25) is 0 Å². The summed E-state index contributed by atoms with van der Waals surface area (Å²) in [6.45, 7) is 0. The van der Waals surface area contributed by atoms with E-state index in [2.05, 4.69) is 0 Å². The molecule has 1 aliphatic rings. The smallest absolute Gasteiger partial charge is 0.153 e. The third kappa shape index (κ3) is 1.71. The molecular formula is C12H10FNO3S. The van der Waals surface area contributed by atoms with E-state index in [1.54, 1.807) is 6.07 Å². The van der Waals surface area contributed by atoms with E-state index in [4.69, 9.17) is 5.26 Å². The van der Waals surface area contributed by atoms with Crippen LogP contribution in [0.4, 0.5) is 4.39 Å². The Bertz CT molecular complexity index is 632. The molecule has 2 rings (SSSR count). The number of hydrogen-bond acceptors (Lipinski definition) is 4. The largest absolute Gasteiger partial charge is 0.302 e. The van der Waals surface area contributed by atoms with Crippen molar-refractivity contribution in [2.24, 2.45) is 5.41 Å². The Morgan fingerprint density at radius 3 is 2.28 bits per heavy atom. The number of halogens is 1. The van der Waals surface area contributed by atoms with Crippen LogP contribution in [0.15, 0.2) is 24.3 Å². The van der Waals surface area contributed by atoms with Crippen molar-refractivity contribution in [3.05, 3.63) is 35.6 Å². The van der Waals surface area contributed by atoms with Crippen LogP contribution in [0.2, 0.25) is 0 Å². The predicted octanol–water partition coefficient (Wildman–Crippen LogP) is 1.04. The van der Waals surface area contributed by atoms with Crippen LogP contribution >= 0.6 is 0 Å². The molecule has 3 atom stereocenters. The Hall–Kier alpha value is -1.74. The maximum Gasteiger partial charge on any atom is 0.153 e. The molecule has 0 spiro atoms. The van der Waals surface area contributed by atoms with Gasteiger partial charge in [0.15, 0.2) is 9.84 Å². The van der Waals surface area contributed by atoms with Gasteiger partial charge < -0.3 is 4.79 Å². The Labute approximate surface area is 104 Å². The molecule has 18 heavy (non-hydrogen) atoms. The molecule has 0 N–H and O–H groups in total. The Morgan fingerprint density at radius 1 is 1.39 bits per heavy atom. The molecule has 0 heterocycles. The van der Waals surface area contributed by atoms with Crippen LogP contribution < -0.4 is 0 Å². The first-order valence-electron chi connectivity index (χ1n) is 5.18. The Morgan fingerprint density at radius 2 is 1.94 bits per heavy atom. The topological polar surface area (TPSA) is 75.0 Å². The van der Waals surface area contributed by atoms with E-state index < -0.39 is 32.2 Å². The van der Waals surface area contributed by atoms with E-state index in [0.717, 1.165) is 6.26 Å². The second kappa shape index (κ2) is 3.89. The lowest BCUT2D eigenvalue weighted by molar-refractivity contribution is -0.110. The molecule has 0 amide bonds. The number of benzene rings is 1. The normalized spacial score (nSPS) is 30.5. The number of hydrogen-bond donors (Lipinski definition) is 0. The molecule has 1 aromatic carbocycles. The van der Waals surface area contributed by atoms with Gasteiger partial charge in [0.1, 0.15) is 17.5 Å². The highest BCUT2D eigenvalue weighted by Gasteiger charge is 2.71. The van der Waals surface area contributed by atoms with Gasteiger partial charge in [-0.05, 0) is 17.7 Å². The summed E-state index contributed by atoms with van der Waals surface area (Å²) in [6, 6.07) is 6.95. The van der Waals surface area contributed by atoms with Crippen LogP contribution in [-0.4, -0.2) is 26.2 Å². The number of aldehydes is 1. The first-order valence-corrected chi connectivity index (χ1v) is 7.14. The van der Waals surface area contributed by atoms with Gasteiger partial charge in [0, 0.05) is 12.2 Å². The van der Waals surface area contributed by atoms with E-state index in [-0.39, 0.29) is 0 Å². The second-order valence-corrected chi connectivity index (χ2v) is 6.61. The summed E-state index contributed by atoms with van der Waals surface area (Å²) in [6.07, 6.45) is 1.38. The molecule has 4 nitrogen and oxygen atoms in total. The average molecular weight is 267 g/mol. The molecule has 0 saturated heterocycles. The zero-order valence-electron chi connectivity index (χ0n) is 9.50. The van der Waals surface area contributed by atoms with Gasteiger partial charge in [-0.15, -0.1) is 0 Å². The second-order valence-electron chi connectivity index (χ2n) is 4.44. The summed E-state index contributed by atoms with van der Waals surface area (Å²) in [5, 5.41) is 8.01. The fraction of sp³-hybridized carbons (Fsp3) is 0.333. The van der Waals surface area contributed by atoms with Crippen molar-refractivity contribution in [1.82, 2.24) is 0 Å². The van der Waals surface area contributed by atoms with Crippen LogP contribution in [0.1, 0.15) is 11.5 Å². The number of nitriles is 1. The van der Waals surface area contributed by atoms with E-state index >= 15 is 0 Å².